The van der Waals surface area contributed by atoms with Gasteiger partial charge in [-0.3, -0.25) is 4.68 Å². The van der Waals surface area contributed by atoms with Crippen LogP contribution in [0.3, 0.4) is 0 Å². The average molecular weight is 243 g/mol. The van der Waals surface area contributed by atoms with Crippen molar-refractivity contribution in [3.05, 3.63) is 48.2 Å². The molecule has 0 spiro atoms. The van der Waals surface area contributed by atoms with Crippen molar-refractivity contribution in [2.75, 3.05) is 0 Å². The van der Waals surface area contributed by atoms with Crippen molar-refractivity contribution < 1.29 is 4.74 Å². The van der Waals surface area contributed by atoms with Crippen molar-refractivity contribution in [1.82, 2.24) is 9.78 Å². The molecule has 0 saturated heterocycles. The summed E-state index contributed by atoms with van der Waals surface area (Å²) in [6.07, 6.45) is 8.20. The minimum absolute atomic E-state index is 0.697. The largest absolute Gasteiger partial charge is 0.463 e. The van der Waals surface area contributed by atoms with E-state index < -0.39 is 0 Å². The number of hydrogen-bond acceptors (Lipinski definition) is 3. The lowest BCUT2D eigenvalue weighted by atomic mass is 10.1. The summed E-state index contributed by atoms with van der Waals surface area (Å²) in [5, 5.41) is 4.12. The van der Waals surface area contributed by atoms with Gasteiger partial charge in [-0.25, -0.2) is 4.99 Å². The van der Waals surface area contributed by atoms with E-state index in [1.165, 1.54) is 0 Å². The average Bonchev–Trinajstić information content (AvgIpc) is 2.95. The van der Waals surface area contributed by atoms with Crippen molar-refractivity contribution in [3.63, 3.8) is 0 Å². The molecule has 1 aliphatic rings. The van der Waals surface area contributed by atoms with Gasteiger partial charge >= 0.3 is 0 Å². The number of aliphatic imine (C=N–C) groups is 1. The molecule has 0 atom stereocenters. The highest BCUT2D eigenvalue weighted by Gasteiger charge is 2.19. The normalized spacial score (nSPS) is 19.2. The van der Waals surface area contributed by atoms with Crippen LogP contribution in [0.25, 0.3) is 5.70 Å². The van der Waals surface area contributed by atoms with Gasteiger partial charge in [0.25, 0.3) is 0 Å². The fraction of sp³-hybridized carbons (Fsp3) is 0.286. The summed E-state index contributed by atoms with van der Waals surface area (Å²) in [5.74, 6) is 0.789. The van der Waals surface area contributed by atoms with E-state index in [9.17, 15) is 0 Å². The number of aryl methyl sites for hydroxylation is 1. The van der Waals surface area contributed by atoms with E-state index in [4.69, 9.17) is 4.74 Å². The van der Waals surface area contributed by atoms with Crippen LogP contribution in [0.2, 0.25) is 0 Å². The van der Waals surface area contributed by atoms with Gasteiger partial charge in [0.05, 0.1) is 18.2 Å². The van der Waals surface area contributed by atoms with Crippen LogP contribution in [0.4, 0.5) is 0 Å². The van der Waals surface area contributed by atoms with Crippen molar-refractivity contribution in [2.24, 2.45) is 12.0 Å². The van der Waals surface area contributed by atoms with Crippen LogP contribution in [0.15, 0.2) is 47.6 Å². The first kappa shape index (κ1) is 12.4. The Morgan fingerprint density at radius 3 is 2.94 bits per heavy atom. The molecule has 0 bridgehead atoms. The molecule has 0 aromatic carbocycles. The Labute approximate surface area is 107 Å². The van der Waals surface area contributed by atoms with E-state index in [-0.39, 0.29) is 0 Å². The second-order valence-corrected chi connectivity index (χ2v) is 4.08. The fourth-order valence-electron chi connectivity index (χ4n) is 1.76. The Balaban J connectivity index is 2.31. The zero-order valence-corrected chi connectivity index (χ0v) is 11.0. The number of rotatable bonds is 3. The Morgan fingerprint density at radius 1 is 1.61 bits per heavy atom. The third kappa shape index (κ3) is 2.27. The number of allylic oxidation sites excluding steroid dienone is 2. The van der Waals surface area contributed by atoms with Gasteiger partial charge in [0, 0.05) is 24.4 Å². The molecule has 2 heterocycles. The molecular weight excluding hydrogens is 226 g/mol. The Bertz CT molecular complexity index is 561. The lowest BCUT2D eigenvalue weighted by Crippen LogP contribution is -2.01. The summed E-state index contributed by atoms with van der Waals surface area (Å²) in [4.78, 5) is 4.57. The van der Waals surface area contributed by atoms with Gasteiger partial charge < -0.3 is 4.74 Å². The van der Waals surface area contributed by atoms with Crippen LogP contribution >= 0.6 is 0 Å². The van der Waals surface area contributed by atoms with E-state index in [0.29, 0.717) is 5.70 Å². The van der Waals surface area contributed by atoms with E-state index in [1.54, 1.807) is 17.1 Å². The van der Waals surface area contributed by atoms with Crippen molar-refractivity contribution >= 4 is 11.4 Å². The lowest BCUT2D eigenvalue weighted by molar-refractivity contribution is 0.387. The topological polar surface area (TPSA) is 39.4 Å². The molecular formula is C14H17N3O. The van der Waals surface area contributed by atoms with E-state index >= 15 is 0 Å². The maximum Gasteiger partial charge on any atom is 0.148 e. The zero-order valence-electron chi connectivity index (χ0n) is 11.0. The molecule has 18 heavy (non-hydrogen) atoms. The minimum atomic E-state index is 0.697. The van der Waals surface area contributed by atoms with Gasteiger partial charge in [-0.15, -0.1) is 0 Å². The highest BCUT2D eigenvalue weighted by Crippen LogP contribution is 2.24. The summed E-state index contributed by atoms with van der Waals surface area (Å²) >= 11 is 0. The third-order valence-corrected chi connectivity index (χ3v) is 2.79. The molecule has 0 saturated carbocycles. The minimum Gasteiger partial charge on any atom is -0.463 e. The predicted molar refractivity (Wildman–Crippen MR) is 72.9 cm³/mol. The quantitative estimate of drug-likeness (QED) is 0.818. The van der Waals surface area contributed by atoms with Crippen LogP contribution in [0, 0.1) is 0 Å². The molecule has 1 aromatic rings. The highest BCUT2D eigenvalue weighted by atomic mass is 16.5. The van der Waals surface area contributed by atoms with E-state index in [1.807, 2.05) is 26.2 Å². The summed E-state index contributed by atoms with van der Waals surface area (Å²) in [5.41, 5.74) is 3.58. The van der Waals surface area contributed by atoms with E-state index in [2.05, 4.69) is 23.6 Å². The van der Waals surface area contributed by atoms with Gasteiger partial charge in [-0.1, -0.05) is 13.5 Å². The first-order chi connectivity index (χ1) is 8.65. The molecule has 1 aromatic heterocycles. The standard InChI is InChI=1S/C14H17N3O/c1-5-11-9-18-13(6-2)14(11)16-10(3)12-7-15-17(4)8-12/h6-9H,3,5H2,1-2,4H3/b13-6+,16-14?. The van der Waals surface area contributed by atoms with Crippen molar-refractivity contribution in [2.45, 2.75) is 20.3 Å². The molecule has 4 heteroatoms. The van der Waals surface area contributed by atoms with Gasteiger partial charge in [0.2, 0.25) is 0 Å². The van der Waals surface area contributed by atoms with Gasteiger partial charge in [-0.05, 0) is 19.4 Å². The molecule has 2 rings (SSSR count). The van der Waals surface area contributed by atoms with Crippen LogP contribution in [0.5, 0.6) is 0 Å². The second kappa shape index (κ2) is 5.04. The molecule has 1 aliphatic heterocycles. The van der Waals surface area contributed by atoms with Crippen LogP contribution in [0.1, 0.15) is 25.8 Å². The van der Waals surface area contributed by atoms with Crippen LogP contribution in [-0.4, -0.2) is 15.5 Å². The Kier molecular flexibility index (Phi) is 3.46. The summed E-state index contributed by atoms with van der Waals surface area (Å²) < 4.78 is 7.20. The zero-order chi connectivity index (χ0) is 13.1. The molecule has 0 N–H and O–H groups in total. The number of aromatic nitrogens is 2. The maximum atomic E-state index is 5.47. The predicted octanol–water partition coefficient (Wildman–Crippen LogP) is 3.06. The molecule has 0 unspecified atom stereocenters. The maximum absolute atomic E-state index is 5.47. The van der Waals surface area contributed by atoms with Crippen molar-refractivity contribution in [1.29, 1.82) is 0 Å². The fourth-order valence-corrected chi connectivity index (χ4v) is 1.76. The molecule has 4 nitrogen and oxygen atoms in total. The van der Waals surface area contributed by atoms with Crippen molar-refractivity contribution in [3.8, 4) is 0 Å². The Hall–Kier alpha value is -2.10. The first-order valence-electron chi connectivity index (χ1n) is 5.95. The summed E-state index contributed by atoms with van der Waals surface area (Å²) in [7, 11) is 1.87. The number of hydrogen-bond donors (Lipinski definition) is 0. The smallest absolute Gasteiger partial charge is 0.148 e. The third-order valence-electron chi connectivity index (χ3n) is 2.79. The highest BCUT2D eigenvalue weighted by molar-refractivity contribution is 6.14. The van der Waals surface area contributed by atoms with Gasteiger partial charge in [0.1, 0.15) is 11.5 Å². The van der Waals surface area contributed by atoms with E-state index in [0.717, 1.165) is 29.0 Å². The van der Waals surface area contributed by atoms with Gasteiger partial charge in [-0.2, -0.15) is 5.10 Å². The molecule has 0 aliphatic carbocycles. The first-order valence-corrected chi connectivity index (χ1v) is 5.95. The van der Waals surface area contributed by atoms with Crippen LogP contribution < -0.4 is 0 Å². The van der Waals surface area contributed by atoms with Gasteiger partial charge in [0.15, 0.2) is 0 Å². The Morgan fingerprint density at radius 2 is 2.39 bits per heavy atom. The summed E-state index contributed by atoms with van der Waals surface area (Å²) in [6, 6.07) is 0. The molecule has 0 radical (unpaired) electrons. The second-order valence-electron chi connectivity index (χ2n) is 4.08. The monoisotopic (exact) mass is 243 g/mol. The number of ether oxygens (including phenoxy) is 1. The molecule has 94 valence electrons. The number of nitrogens with zero attached hydrogens (tertiary/aromatic N) is 3. The molecule has 0 amide bonds. The van der Waals surface area contributed by atoms with Crippen LogP contribution in [-0.2, 0) is 11.8 Å². The lowest BCUT2D eigenvalue weighted by Gasteiger charge is -2.03. The molecule has 0 fully saturated rings. The summed E-state index contributed by atoms with van der Waals surface area (Å²) in [6.45, 7) is 8.00. The SMILES string of the molecule is C=C(N=C1C(CC)=CO/C1=C/C)c1cnn(C)c1.